The predicted octanol–water partition coefficient (Wildman–Crippen LogP) is 5.20. The second-order valence-electron chi connectivity index (χ2n) is 4.74. The highest BCUT2D eigenvalue weighted by Gasteiger charge is 2.08. The molecule has 0 fully saturated rings. The van der Waals surface area contributed by atoms with Crippen molar-refractivity contribution >= 4 is 0 Å². The number of rotatable bonds is 5. The van der Waals surface area contributed by atoms with Crippen molar-refractivity contribution < 1.29 is 14.6 Å². The van der Waals surface area contributed by atoms with Gasteiger partial charge in [0.25, 0.3) is 0 Å². The van der Waals surface area contributed by atoms with Gasteiger partial charge in [-0.3, -0.25) is 0 Å². The summed E-state index contributed by atoms with van der Waals surface area (Å²) in [5, 5.41) is 11.3. The van der Waals surface area contributed by atoms with Gasteiger partial charge in [0.1, 0.15) is 29.6 Å². The first kappa shape index (κ1) is 14.2. The third-order valence-electron chi connectivity index (χ3n) is 3.14. The molecule has 0 spiro atoms. The molecular weight excluding hydrogens is 276 g/mol. The van der Waals surface area contributed by atoms with E-state index in [0.29, 0.717) is 22.8 Å². The molecule has 3 rings (SSSR count). The molecule has 0 N–H and O–H groups in total. The fourth-order valence-electron chi connectivity index (χ4n) is 2.05. The first-order valence-corrected chi connectivity index (χ1v) is 7.02. The van der Waals surface area contributed by atoms with E-state index in [2.05, 4.69) is 0 Å². The highest BCUT2D eigenvalue weighted by atomic mass is 16.5. The van der Waals surface area contributed by atoms with E-state index < -0.39 is 0 Å². The molecule has 0 aromatic heterocycles. The van der Waals surface area contributed by atoms with Crippen LogP contribution in [0.3, 0.4) is 0 Å². The van der Waals surface area contributed by atoms with Crippen LogP contribution in [0.2, 0.25) is 0 Å². The standard InChI is InChI=1S/C19H15O3/c20-14-15-11-12-18(21-16-7-3-1-4-8-16)13-19(15)22-17-9-5-2-6-10-17/h1-13H,14H2. The number of ether oxygens (including phenoxy) is 2. The molecule has 0 aliphatic rings. The highest BCUT2D eigenvalue weighted by Crippen LogP contribution is 2.31. The largest absolute Gasteiger partial charge is 0.457 e. The smallest absolute Gasteiger partial charge is 0.136 e. The Morgan fingerprint density at radius 3 is 1.82 bits per heavy atom. The van der Waals surface area contributed by atoms with E-state index in [4.69, 9.17) is 9.47 Å². The maximum absolute atomic E-state index is 11.3. The van der Waals surface area contributed by atoms with Crippen molar-refractivity contribution in [3.8, 4) is 23.0 Å². The Hall–Kier alpha value is -2.78. The van der Waals surface area contributed by atoms with Crippen LogP contribution in [-0.4, -0.2) is 0 Å². The third kappa shape index (κ3) is 3.45. The van der Waals surface area contributed by atoms with Crippen LogP contribution in [0.4, 0.5) is 0 Å². The third-order valence-corrected chi connectivity index (χ3v) is 3.14. The van der Waals surface area contributed by atoms with Crippen LogP contribution in [-0.2, 0) is 11.7 Å². The zero-order valence-electron chi connectivity index (χ0n) is 11.9. The second kappa shape index (κ2) is 6.78. The van der Waals surface area contributed by atoms with Crippen molar-refractivity contribution in [2.24, 2.45) is 0 Å². The van der Waals surface area contributed by atoms with E-state index in [-0.39, 0.29) is 6.61 Å². The van der Waals surface area contributed by atoms with Crippen LogP contribution in [0, 0.1) is 0 Å². The lowest BCUT2D eigenvalue weighted by Gasteiger charge is -2.12. The molecule has 0 aliphatic heterocycles. The van der Waals surface area contributed by atoms with E-state index in [9.17, 15) is 5.11 Å². The van der Waals surface area contributed by atoms with Crippen molar-refractivity contribution in [1.82, 2.24) is 0 Å². The van der Waals surface area contributed by atoms with Crippen molar-refractivity contribution in [3.63, 3.8) is 0 Å². The minimum Gasteiger partial charge on any atom is -0.457 e. The summed E-state index contributed by atoms with van der Waals surface area (Å²) in [7, 11) is 0. The molecule has 0 saturated heterocycles. The summed E-state index contributed by atoms with van der Waals surface area (Å²) in [5.74, 6) is 2.58. The fourth-order valence-corrected chi connectivity index (χ4v) is 2.05. The molecular formula is C19H15O3. The summed E-state index contributed by atoms with van der Waals surface area (Å²) < 4.78 is 11.6. The van der Waals surface area contributed by atoms with E-state index >= 15 is 0 Å². The molecule has 0 saturated carbocycles. The molecule has 22 heavy (non-hydrogen) atoms. The lowest BCUT2D eigenvalue weighted by molar-refractivity contribution is 0.175. The Morgan fingerprint density at radius 1 is 0.636 bits per heavy atom. The van der Waals surface area contributed by atoms with Gasteiger partial charge in [0.2, 0.25) is 0 Å². The van der Waals surface area contributed by atoms with Gasteiger partial charge in [-0.1, -0.05) is 36.4 Å². The van der Waals surface area contributed by atoms with Crippen LogP contribution < -0.4 is 9.47 Å². The van der Waals surface area contributed by atoms with Crippen molar-refractivity contribution in [1.29, 1.82) is 0 Å². The number of hydrogen-bond acceptors (Lipinski definition) is 2. The average molecular weight is 291 g/mol. The fraction of sp³-hybridized carbons (Fsp3) is 0.0526. The van der Waals surface area contributed by atoms with Gasteiger partial charge < -0.3 is 9.47 Å². The van der Waals surface area contributed by atoms with E-state index in [1.807, 2.05) is 60.7 Å². The van der Waals surface area contributed by atoms with Crippen molar-refractivity contribution in [3.05, 3.63) is 84.4 Å². The van der Waals surface area contributed by atoms with Gasteiger partial charge in [0.05, 0.1) is 0 Å². The Kier molecular flexibility index (Phi) is 4.37. The molecule has 3 aromatic carbocycles. The summed E-state index contributed by atoms with van der Waals surface area (Å²) in [6.45, 7) is -0.340. The molecule has 0 heterocycles. The molecule has 0 amide bonds. The maximum atomic E-state index is 11.3. The Morgan fingerprint density at radius 2 is 1.23 bits per heavy atom. The van der Waals surface area contributed by atoms with Crippen LogP contribution in [0.1, 0.15) is 5.56 Å². The van der Waals surface area contributed by atoms with E-state index in [0.717, 1.165) is 5.75 Å². The number of hydrogen-bond donors (Lipinski definition) is 0. The first-order valence-electron chi connectivity index (χ1n) is 7.02. The molecule has 109 valence electrons. The molecule has 0 bridgehead atoms. The van der Waals surface area contributed by atoms with Gasteiger partial charge in [0.15, 0.2) is 0 Å². The Balaban J connectivity index is 1.86. The summed E-state index contributed by atoms with van der Waals surface area (Å²) in [5.41, 5.74) is 0.601. The minimum atomic E-state index is -0.340. The summed E-state index contributed by atoms with van der Waals surface area (Å²) in [6, 6.07) is 24.1. The lowest BCUT2D eigenvalue weighted by atomic mass is 10.2. The maximum Gasteiger partial charge on any atom is 0.136 e. The van der Waals surface area contributed by atoms with Gasteiger partial charge in [-0.25, -0.2) is 5.11 Å². The normalized spacial score (nSPS) is 10.2. The average Bonchev–Trinajstić information content (AvgIpc) is 2.57. The SMILES string of the molecule is [O]Cc1ccc(Oc2ccccc2)cc1Oc1ccccc1. The Bertz CT molecular complexity index is 724. The van der Waals surface area contributed by atoms with Crippen LogP contribution in [0.5, 0.6) is 23.0 Å². The first-order chi connectivity index (χ1) is 10.8. The number of para-hydroxylation sites is 2. The van der Waals surface area contributed by atoms with Gasteiger partial charge >= 0.3 is 0 Å². The quantitative estimate of drug-likeness (QED) is 0.648. The topological polar surface area (TPSA) is 38.4 Å². The van der Waals surface area contributed by atoms with Crippen molar-refractivity contribution in [2.45, 2.75) is 6.61 Å². The van der Waals surface area contributed by atoms with Crippen LogP contribution >= 0.6 is 0 Å². The highest BCUT2D eigenvalue weighted by molar-refractivity contribution is 5.44. The minimum absolute atomic E-state index is 0.340. The predicted molar refractivity (Wildman–Crippen MR) is 83.9 cm³/mol. The molecule has 3 aromatic rings. The summed E-state index contributed by atoms with van der Waals surface area (Å²) in [6.07, 6.45) is 0. The lowest BCUT2D eigenvalue weighted by Crippen LogP contribution is -1.92. The van der Waals surface area contributed by atoms with Gasteiger partial charge in [-0.05, 0) is 36.4 Å². The Labute approximate surface area is 129 Å². The van der Waals surface area contributed by atoms with Crippen molar-refractivity contribution in [2.75, 3.05) is 0 Å². The van der Waals surface area contributed by atoms with Gasteiger partial charge in [-0.15, -0.1) is 0 Å². The van der Waals surface area contributed by atoms with Crippen LogP contribution in [0.25, 0.3) is 0 Å². The molecule has 1 radical (unpaired) electrons. The summed E-state index contributed by atoms with van der Waals surface area (Å²) in [4.78, 5) is 0. The van der Waals surface area contributed by atoms with Crippen LogP contribution in [0.15, 0.2) is 78.9 Å². The monoisotopic (exact) mass is 291 g/mol. The molecule has 3 heteroatoms. The zero-order valence-corrected chi connectivity index (χ0v) is 11.9. The zero-order chi connectivity index (χ0) is 15.2. The molecule has 0 aliphatic carbocycles. The number of benzene rings is 3. The second-order valence-corrected chi connectivity index (χ2v) is 4.74. The molecule has 0 unspecified atom stereocenters. The summed E-state index contributed by atoms with van der Waals surface area (Å²) >= 11 is 0. The van der Waals surface area contributed by atoms with E-state index in [1.165, 1.54) is 0 Å². The molecule has 3 nitrogen and oxygen atoms in total. The van der Waals surface area contributed by atoms with Gasteiger partial charge in [-0.2, -0.15) is 0 Å². The van der Waals surface area contributed by atoms with E-state index in [1.54, 1.807) is 18.2 Å². The van der Waals surface area contributed by atoms with Gasteiger partial charge in [0, 0.05) is 11.6 Å². The molecule has 0 atom stereocenters.